The van der Waals surface area contributed by atoms with Crippen LogP contribution in [0.1, 0.15) is 25.0 Å². The summed E-state index contributed by atoms with van der Waals surface area (Å²) in [4.78, 5) is 0. The van der Waals surface area contributed by atoms with Gasteiger partial charge >= 0.3 is 0 Å². The maximum atomic E-state index is 7.66. The largest absolute Gasteiger partial charge is 0.455 e. The Kier molecular flexibility index (Phi) is 12.5. The van der Waals surface area contributed by atoms with Gasteiger partial charge in [-0.2, -0.15) is 0 Å². The van der Waals surface area contributed by atoms with Crippen LogP contribution in [0.2, 0.25) is 36.3 Å². The normalized spacial score (nSPS) is 16.3. The van der Waals surface area contributed by atoms with Crippen LogP contribution in [0.25, 0.3) is 0 Å². The van der Waals surface area contributed by atoms with Gasteiger partial charge in [-0.3, -0.25) is 0 Å². The predicted octanol–water partition coefficient (Wildman–Crippen LogP) is 10.2. The molecule has 0 N–H and O–H groups in total. The van der Waals surface area contributed by atoms with Gasteiger partial charge < -0.3 is 4.12 Å². The highest BCUT2D eigenvalue weighted by molar-refractivity contribution is 9.10. The van der Waals surface area contributed by atoms with Crippen LogP contribution < -0.4 is 0 Å². The third kappa shape index (κ3) is 7.45. The summed E-state index contributed by atoms with van der Waals surface area (Å²) < 4.78 is 7.66. The summed E-state index contributed by atoms with van der Waals surface area (Å²) in [5.41, 5.74) is 2.80. The SMILES string of the molecule is CC(Cc1ccccc1)(C(CBr)CBr)[Si](C)(C)O[Si](C)(C)C(C)(Cc1ccccc1)C(CBr)CBr. The van der Waals surface area contributed by atoms with E-state index in [0.717, 1.165) is 34.2 Å². The van der Waals surface area contributed by atoms with Gasteiger partial charge in [-0.1, -0.05) is 138 Å². The fourth-order valence-corrected chi connectivity index (χ4v) is 22.2. The molecule has 0 saturated heterocycles. The minimum atomic E-state index is -2.21. The molecule has 0 aliphatic carbocycles. The van der Waals surface area contributed by atoms with Gasteiger partial charge in [-0.05, 0) is 72.1 Å². The van der Waals surface area contributed by atoms with Crippen molar-refractivity contribution < 1.29 is 4.12 Å². The molecule has 0 aromatic heterocycles. The molecule has 7 heteroatoms. The van der Waals surface area contributed by atoms with E-state index in [9.17, 15) is 0 Å². The Labute approximate surface area is 250 Å². The highest BCUT2D eigenvalue weighted by Gasteiger charge is 2.56. The smallest absolute Gasteiger partial charge is 0.180 e. The van der Waals surface area contributed by atoms with Crippen molar-refractivity contribution in [2.45, 2.75) is 63.0 Å². The average Bonchev–Trinajstić information content (AvgIpc) is 2.81. The fourth-order valence-electron chi connectivity index (χ4n) is 5.37. The number of halogens is 4. The quantitative estimate of drug-likeness (QED) is 0.137. The maximum absolute atomic E-state index is 7.66. The monoisotopic (exact) mass is 766 g/mol. The molecule has 2 aromatic carbocycles. The first-order chi connectivity index (χ1) is 16.4. The molecule has 0 aliphatic heterocycles. The second-order valence-corrected chi connectivity index (χ2v) is 23.0. The van der Waals surface area contributed by atoms with Crippen molar-refractivity contribution in [1.82, 2.24) is 0 Å². The first-order valence-electron chi connectivity index (χ1n) is 12.4. The van der Waals surface area contributed by atoms with Gasteiger partial charge in [0.25, 0.3) is 0 Å². The highest BCUT2D eigenvalue weighted by atomic mass is 79.9. The van der Waals surface area contributed by atoms with Crippen LogP contribution in [0, 0.1) is 11.8 Å². The number of rotatable bonds is 14. The highest BCUT2D eigenvalue weighted by Crippen LogP contribution is 2.55. The molecule has 35 heavy (non-hydrogen) atoms. The van der Waals surface area contributed by atoms with E-state index in [2.05, 4.69) is 164 Å². The minimum absolute atomic E-state index is 0.0670. The van der Waals surface area contributed by atoms with Gasteiger partial charge in [0.15, 0.2) is 16.6 Å². The molecule has 0 spiro atoms. The standard InChI is InChI=1S/C28H42Br4OSi2/c1-27(25(19-29)20-30,17-23-13-9-7-10-14-23)34(3,4)33-35(5,6)28(2,26(21-31)22-32)18-24-15-11-8-12-16-24/h7-16,25-26H,17-22H2,1-6H3. The molecule has 2 atom stereocenters. The number of benzene rings is 2. The lowest BCUT2D eigenvalue weighted by molar-refractivity contribution is 0.335. The van der Waals surface area contributed by atoms with Crippen molar-refractivity contribution in [3.05, 3.63) is 71.8 Å². The maximum Gasteiger partial charge on any atom is 0.180 e. The summed E-state index contributed by atoms with van der Waals surface area (Å²) in [5.74, 6) is 0.968. The summed E-state index contributed by atoms with van der Waals surface area (Å²) in [7, 11) is -4.41. The summed E-state index contributed by atoms with van der Waals surface area (Å²) in [5, 5.41) is 4.01. The van der Waals surface area contributed by atoms with E-state index in [4.69, 9.17) is 4.12 Å². The van der Waals surface area contributed by atoms with Gasteiger partial charge in [0.1, 0.15) is 0 Å². The molecule has 0 fully saturated rings. The molecular formula is C28H42Br4OSi2. The summed E-state index contributed by atoms with van der Waals surface area (Å²) >= 11 is 15.4. The molecule has 0 saturated carbocycles. The van der Waals surface area contributed by atoms with E-state index >= 15 is 0 Å². The van der Waals surface area contributed by atoms with Crippen LogP contribution in [0.5, 0.6) is 0 Å². The summed E-state index contributed by atoms with van der Waals surface area (Å²) in [6.45, 7) is 14.9. The Balaban J connectivity index is 2.53. The molecule has 2 unspecified atom stereocenters. The molecule has 1 nitrogen and oxygen atoms in total. The Morgan fingerprint density at radius 1 is 0.600 bits per heavy atom. The lowest BCUT2D eigenvalue weighted by Crippen LogP contribution is -2.60. The Hall–Kier alpha value is 0.754. The van der Waals surface area contributed by atoms with E-state index < -0.39 is 16.6 Å². The van der Waals surface area contributed by atoms with Crippen molar-refractivity contribution in [2.75, 3.05) is 21.3 Å². The third-order valence-corrected chi connectivity index (χ3v) is 22.5. The molecule has 196 valence electrons. The van der Waals surface area contributed by atoms with Gasteiger partial charge in [0, 0.05) is 21.3 Å². The topological polar surface area (TPSA) is 9.23 Å². The first kappa shape index (κ1) is 32.0. The first-order valence-corrected chi connectivity index (χ1v) is 22.7. The van der Waals surface area contributed by atoms with E-state index in [1.807, 2.05) is 0 Å². The number of hydrogen-bond acceptors (Lipinski definition) is 1. The molecule has 0 bridgehead atoms. The number of alkyl halides is 4. The lowest BCUT2D eigenvalue weighted by Gasteiger charge is -2.55. The van der Waals surface area contributed by atoms with Crippen LogP contribution in [-0.2, 0) is 17.0 Å². The molecule has 0 amide bonds. The second kappa shape index (κ2) is 13.7. The molecule has 2 rings (SSSR count). The molecule has 2 aromatic rings. The van der Waals surface area contributed by atoms with Gasteiger partial charge in [-0.15, -0.1) is 0 Å². The molecular weight excluding hydrogens is 728 g/mol. The summed E-state index contributed by atoms with van der Waals surface area (Å²) in [6.07, 6.45) is 2.07. The predicted molar refractivity (Wildman–Crippen MR) is 175 cm³/mol. The van der Waals surface area contributed by atoms with Gasteiger partial charge in [-0.25, -0.2) is 0 Å². The Morgan fingerprint density at radius 3 is 1.14 bits per heavy atom. The van der Waals surface area contributed by atoms with Crippen molar-refractivity contribution in [3.8, 4) is 0 Å². The van der Waals surface area contributed by atoms with Crippen LogP contribution in [-0.4, -0.2) is 38.0 Å². The van der Waals surface area contributed by atoms with E-state index in [0.29, 0.717) is 11.8 Å². The van der Waals surface area contributed by atoms with Crippen LogP contribution >= 0.6 is 63.7 Å². The zero-order chi connectivity index (χ0) is 26.3. The van der Waals surface area contributed by atoms with Gasteiger partial charge in [0.05, 0.1) is 0 Å². The third-order valence-electron chi connectivity index (χ3n) is 8.64. The van der Waals surface area contributed by atoms with Crippen molar-refractivity contribution in [3.63, 3.8) is 0 Å². The van der Waals surface area contributed by atoms with Crippen molar-refractivity contribution in [1.29, 1.82) is 0 Å². The van der Waals surface area contributed by atoms with Crippen LogP contribution in [0.15, 0.2) is 60.7 Å². The van der Waals surface area contributed by atoms with Gasteiger partial charge in [0.2, 0.25) is 0 Å². The van der Waals surface area contributed by atoms with Crippen molar-refractivity contribution in [2.24, 2.45) is 11.8 Å². The van der Waals surface area contributed by atoms with E-state index in [1.54, 1.807) is 0 Å². The zero-order valence-corrected chi connectivity index (χ0v) is 30.4. The van der Waals surface area contributed by atoms with Crippen LogP contribution in [0.4, 0.5) is 0 Å². The molecule has 0 radical (unpaired) electrons. The fraction of sp³-hybridized carbons (Fsp3) is 0.571. The second-order valence-electron chi connectivity index (χ2n) is 11.3. The zero-order valence-electron chi connectivity index (χ0n) is 22.1. The molecule has 0 heterocycles. The molecule has 0 aliphatic rings. The van der Waals surface area contributed by atoms with E-state index in [1.165, 1.54) is 11.1 Å². The average molecular weight is 770 g/mol. The Morgan fingerprint density at radius 2 is 0.886 bits per heavy atom. The minimum Gasteiger partial charge on any atom is -0.455 e. The lowest BCUT2D eigenvalue weighted by atomic mass is 9.89. The van der Waals surface area contributed by atoms with Crippen molar-refractivity contribution >= 4 is 80.4 Å². The van der Waals surface area contributed by atoms with Crippen LogP contribution in [0.3, 0.4) is 0 Å². The Bertz CT molecular complexity index is 815. The summed E-state index contributed by atoms with van der Waals surface area (Å²) in [6, 6.07) is 22.0. The number of hydrogen-bond donors (Lipinski definition) is 0. The van der Waals surface area contributed by atoms with E-state index in [-0.39, 0.29) is 10.1 Å².